The third-order valence-corrected chi connectivity index (χ3v) is 5.43. The molecule has 1 saturated carbocycles. The molecule has 0 bridgehead atoms. The zero-order valence-corrected chi connectivity index (χ0v) is 16.1. The van der Waals surface area contributed by atoms with Crippen LogP contribution < -0.4 is 21.5 Å². The standard InChI is InChI=1S/C17H29N7O3/c1-4-10(2)19-17(26)27-12-6-5-11(7-12)13-8-15(22-21-13)20-16(25)14-9-18-23-24(14)3/h9-13,15,21-22H,4-8H2,1-3H3,(H,19,26)(H,20,25)/t10-,11+,12-,13?,15?/m0/s1. The molecule has 2 heterocycles. The summed E-state index contributed by atoms with van der Waals surface area (Å²) in [6.45, 7) is 3.98. The third kappa shape index (κ3) is 4.95. The fourth-order valence-corrected chi connectivity index (χ4v) is 3.65. The number of nitrogens with zero attached hydrogens (tertiary/aromatic N) is 3. The maximum absolute atomic E-state index is 12.3. The van der Waals surface area contributed by atoms with Gasteiger partial charge in [-0.2, -0.15) is 0 Å². The Kier molecular flexibility index (Phi) is 6.27. The van der Waals surface area contributed by atoms with E-state index in [0.29, 0.717) is 11.6 Å². The first-order chi connectivity index (χ1) is 13.0. The number of hydrogen-bond donors (Lipinski definition) is 4. The molecular formula is C17H29N7O3. The number of carbonyl (C=O) groups excluding carboxylic acids is 2. The molecule has 10 nitrogen and oxygen atoms in total. The van der Waals surface area contributed by atoms with Crippen molar-refractivity contribution in [2.75, 3.05) is 0 Å². The Morgan fingerprint density at radius 2 is 2.19 bits per heavy atom. The van der Waals surface area contributed by atoms with Gasteiger partial charge < -0.3 is 15.4 Å². The Morgan fingerprint density at radius 3 is 2.89 bits per heavy atom. The highest BCUT2D eigenvalue weighted by Gasteiger charge is 2.37. The van der Waals surface area contributed by atoms with Crippen molar-refractivity contribution in [1.82, 2.24) is 36.5 Å². The average molecular weight is 379 g/mol. The van der Waals surface area contributed by atoms with Crippen molar-refractivity contribution in [3.63, 3.8) is 0 Å². The highest BCUT2D eigenvalue weighted by molar-refractivity contribution is 5.92. The van der Waals surface area contributed by atoms with Gasteiger partial charge in [-0.3, -0.25) is 10.2 Å². The van der Waals surface area contributed by atoms with Crippen LogP contribution in [0.1, 0.15) is 56.4 Å². The fourth-order valence-electron chi connectivity index (χ4n) is 3.65. The summed E-state index contributed by atoms with van der Waals surface area (Å²) in [4.78, 5) is 24.1. The van der Waals surface area contributed by atoms with Crippen molar-refractivity contribution in [2.24, 2.45) is 13.0 Å². The second-order valence-corrected chi connectivity index (χ2v) is 7.45. The molecule has 2 amide bonds. The van der Waals surface area contributed by atoms with Crippen LogP contribution in [-0.4, -0.2) is 51.3 Å². The van der Waals surface area contributed by atoms with Gasteiger partial charge in [0.05, 0.1) is 12.4 Å². The van der Waals surface area contributed by atoms with Gasteiger partial charge in [-0.15, -0.1) is 5.10 Å². The van der Waals surface area contributed by atoms with Gasteiger partial charge in [-0.1, -0.05) is 12.1 Å². The molecule has 4 N–H and O–H groups in total. The molecule has 27 heavy (non-hydrogen) atoms. The number of aromatic nitrogens is 3. The van der Waals surface area contributed by atoms with Crippen molar-refractivity contribution >= 4 is 12.0 Å². The highest BCUT2D eigenvalue weighted by atomic mass is 16.6. The first-order valence-corrected chi connectivity index (χ1v) is 9.60. The van der Waals surface area contributed by atoms with Crippen LogP contribution in [-0.2, 0) is 11.8 Å². The summed E-state index contributed by atoms with van der Waals surface area (Å²) < 4.78 is 6.99. The lowest BCUT2D eigenvalue weighted by molar-refractivity contribution is 0.0916. The van der Waals surface area contributed by atoms with Crippen LogP contribution in [0.25, 0.3) is 0 Å². The molecule has 0 radical (unpaired) electrons. The van der Waals surface area contributed by atoms with Gasteiger partial charge in [-0.05, 0) is 44.9 Å². The van der Waals surface area contributed by atoms with E-state index in [1.807, 2.05) is 13.8 Å². The fraction of sp³-hybridized carbons (Fsp3) is 0.765. The summed E-state index contributed by atoms with van der Waals surface area (Å²) >= 11 is 0. The van der Waals surface area contributed by atoms with E-state index in [-0.39, 0.29) is 36.4 Å². The van der Waals surface area contributed by atoms with E-state index in [0.717, 1.165) is 32.1 Å². The average Bonchev–Trinajstić information content (AvgIpc) is 3.35. The first kappa shape index (κ1) is 19.6. The van der Waals surface area contributed by atoms with Crippen LogP contribution in [0.3, 0.4) is 0 Å². The normalized spacial score (nSPS) is 28.7. The molecule has 3 rings (SSSR count). The summed E-state index contributed by atoms with van der Waals surface area (Å²) in [6.07, 6.45) is 5.25. The maximum atomic E-state index is 12.3. The lowest BCUT2D eigenvalue weighted by Crippen LogP contribution is -2.45. The van der Waals surface area contributed by atoms with Gasteiger partial charge >= 0.3 is 6.09 Å². The van der Waals surface area contributed by atoms with Crippen molar-refractivity contribution in [3.8, 4) is 0 Å². The minimum Gasteiger partial charge on any atom is -0.446 e. The third-order valence-electron chi connectivity index (χ3n) is 5.43. The Balaban J connectivity index is 1.42. The summed E-state index contributed by atoms with van der Waals surface area (Å²) in [5, 5.41) is 13.3. The topological polar surface area (TPSA) is 122 Å². The smallest absolute Gasteiger partial charge is 0.407 e. The number of nitrogens with one attached hydrogen (secondary N) is 4. The summed E-state index contributed by atoms with van der Waals surface area (Å²) in [6, 6.07) is 0.348. The summed E-state index contributed by atoms with van der Waals surface area (Å²) in [5.74, 6) is 0.191. The molecule has 150 valence electrons. The predicted molar refractivity (Wildman–Crippen MR) is 97.4 cm³/mol. The van der Waals surface area contributed by atoms with Crippen LogP contribution in [0.2, 0.25) is 0 Å². The molecule has 1 saturated heterocycles. The highest BCUT2D eigenvalue weighted by Crippen LogP contribution is 2.32. The monoisotopic (exact) mass is 379 g/mol. The summed E-state index contributed by atoms with van der Waals surface area (Å²) in [7, 11) is 1.68. The Labute approximate surface area is 158 Å². The number of rotatable bonds is 6. The molecular weight excluding hydrogens is 350 g/mol. The van der Waals surface area contributed by atoms with Gasteiger partial charge in [0, 0.05) is 19.1 Å². The molecule has 1 aliphatic heterocycles. The van der Waals surface area contributed by atoms with Crippen molar-refractivity contribution in [3.05, 3.63) is 11.9 Å². The zero-order valence-electron chi connectivity index (χ0n) is 16.1. The molecule has 1 aliphatic carbocycles. The van der Waals surface area contributed by atoms with Gasteiger partial charge in [0.25, 0.3) is 5.91 Å². The second kappa shape index (κ2) is 8.66. The lowest BCUT2D eigenvalue weighted by atomic mass is 9.96. The van der Waals surface area contributed by atoms with E-state index in [1.165, 1.54) is 10.9 Å². The van der Waals surface area contributed by atoms with Gasteiger partial charge in [-0.25, -0.2) is 14.9 Å². The minimum atomic E-state index is -0.331. The number of aryl methyl sites for hydroxylation is 1. The van der Waals surface area contributed by atoms with E-state index in [4.69, 9.17) is 4.74 Å². The van der Waals surface area contributed by atoms with Crippen LogP contribution in [0, 0.1) is 5.92 Å². The largest absolute Gasteiger partial charge is 0.446 e. The molecule has 2 aliphatic rings. The number of alkyl carbamates (subject to hydrolysis) is 1. The second-order valence-electron chi connectivity index (χ2n) is 7.45. The van der Waals surface area contributed by atoms with Crippen molar-refractivity contribution in [2.45, 2.75) is 70.3 Å². The molecule has 1 aromatic rings. The number of carbonyl (C=O) groups is 2. The molecule has 5 atom stereocenters. The van der Waals surface area contributed by atoms with Crippen LogP contribution >= 0.6 is 0 Å². The van der Waals surface area contributed by atoms with Gasteiger partial charge in [0.2, 0.25) is 0 Å². The molecule has 2 unspecified atom stereocenters. The molecule has 2 fully saturated rings. The van der Waals surface area contributed by atoms with Gasteiger partial charge in [0.15, 0.2) is 0 Å². The van der Waals surface area contributed by atoms with Crippen molar-refractivity contribution < 1.29 is 14.3 Å². The van der Waals surface area contributed by atoms with E-state index >= 15 is 0 Å². The number of amides is 2. The lowest BCUT2D eigenvalue weighted by Gasteiger charge is -2.19. The predicted octanol–water partition coefficient (Wildman–Crippen LogP) is 0.431. The van der Waals surface area contributed by atoms with Crippen LogP contribution in [0.5, 0.6) is 0 Å². The minimum absolute atomic E-state index is 0.0463. The number of hydrazine groups is 1. The summed E-state index contributed by atoms with van der Waals surface area (Å²) in [5.41, 5.74) is 6.82. The SMILES string of the molecule is CC[C@H](C)NC(=O)O[C@H]1CC[C@@H](C2CC(NC(=O)c3cnnn3C)NN2)C1. The molecule has 0 aromatic carbocycles. The van der Waals surface area contributed by atoms with Gasteiger partial charge in [0.1, 0.15) is 11.8 Å². The van der Waals surface area contributed by atoms with Crippen molar-refractivity contribution in [1.29, 1.82) is 0 Å². The quantitative estimate of drug-likeness (QED) is 0.565. The molecule has 1 aromatic heterocycles. The molecule has 10 heteroatoms. The molecule has 0 spiro atoms. The Hall–Kier alpha value is -2.20. The van der Waals surface area contributed by atoms with E-state index in [1.54, 1.807) is 7.05 Å². The van der Waals surface area contributed by atoms with Crippen LogP contribution in [0.15, 0.2) is 6.20 Å². The van der Waals surface area contributed by atoms with E-state index < -0.39 is 0 Å². The van der Waals surface area contributed by atoms with Crippen LogP contribution in [0.4, 0.5) is 4.79 Å². The van der Waals surface area contributed by atoms with E-state index in [2.05, 4.69) is 31.8 Å². The number of hydrogen-bond acceptors (Lipinski definition) is 7. The first-order valence-electron chi connectivity index (χ1n) is 9.60. The Morgan fingerprint density at radius 1 is 1.37 bits per heavy atom. The maximum Gasteiger partial charge on any atom is 0.407 e. The van der Waals surface area contributed by atoms with E-state index in [9.17, 15) is 9.59 Å². The Bertz CT molecular complexity index is 665. The zero-order chi connectivity index (χ0) is 19.4. The number of ether oxygens (including phenoxy) is 1.